The fourth-order valence-electron chi connectivity index (χ4n) is 4.23. The summed E-state index contributed by atoms with van der Waals surface area (Å²) in [6.07, 6.45) is 4.08. The lowest BCUT2D eigenvalue weighted by atomic mass is 9.94. The monoisotopic (exact) mass is 433 g/mol. The van der Waals surface area contributed by atoms with Crippen molar-refractivity contribution in [3.63, 3.8) is 0 Å². The average molecular weight is 434 g/mol. The third kappa shape index (κ3) is 4.25. The van der Waals surface area contributed by atoms with Gasteiger partial charge in [0.1, 0.15) is 18.6 Å². The first-order chi connectivity index (χ1) is 15.4. The number of aryl methyl sites for hydroxylation is 1. The molecular formula is C25H31N5O2. The van der Waals surface area contributed by atoms with Crippen LogP contribution < -0.4 is 10.2 Å². The quantitative estimate of drug-likeness (QED) is 0.694. The highest BCUT2D eigenvalue weighted by Crippen LogP contribution is 2.31. The molecule has 0 spiro atoms. The molecule has 2 aromatic rings. The van der Waals surface area contributed by atoms with Crippen LogP contribution in [0.1, 0.15) is 43.4 Å². The molecule has 2 aliphatic rings. The van der Waals surface area contributed by atoms with Gasteiger partial charge in [0.15, 0.2) is 11.3 Å². The molecule has 1 aromatic carbocycles. The Morgan fingerprint density at radius 2 is 2.06 bits per heavy atom. The molecule has 0 bridgehead atoms. The maximum Gasteiger partial charge on any atom is 0.179 e. The summed E-state index contributed by atoms with van der Waals surface area (Å²) in [6, 6.07) is 12.6. The van der Waals surface area contributed by atoms with E-state index in [4.69, 9.17) is 14.7 Å². The lowest BCUT2D eigenvalue weighted by molar-refractivity contribution is 0.0496. The minimum atomic E-state index is -0.630. The van der Waals surface area contributed by atoms with Crippen LogP contribution in [0.15, 0.2) is 59.5 Å². The lowest BCUT2D eigenvalue weighted by Gasteiger charge is -2.37. The molecule has 2 aliphatic heterocycles. The van der Waals surface area contributed by atoms with E-state index in [9.17, 15) is 0 Å². The first-order valence-electron chi connectivity index (χ1n) is 11.0. The highest BCUT2D eigenvalue weighted by Gasteiger charge is 2.39. The fraction of sp³-hybridized carbons (Fsp3) is 0.400. The number of pyridine rings is 1. The van der Waals surface area contributed by atoms with Gasteiger partial charge >= 0.3 is 0 Å². The summed E-state index contributed by atoms with van der Waals surface area (Å²) < 4.78 is 0. The van der Waals surface area contributed by atoms with E-state index < -0.39 is 5.60 Å². The second kappa shape index (κ2) is 9.12. The molecule has 1 N–H and O–H groups in total. The fourth-order valence-corrected chi connectivity index (χ4v) is 4.23. The Hall–Kier alpha value is -3.19. The molecule has 0 saturated carbocycles. The van der Waals surface area contributed by atoms with Gasteiger partial charge in [-0.3, -0.25) is 0 Å². The lowest BCUT2D eigenvalue weighted by Crippen LogP contribution is -2.45. The third-order valence-electron chi connectivity index (χ3n) is 5.97. The molecule has 7 heteroatoms. The predicted octanol–water partition coefficient (Wildman–Crippen LogP) is 4.13. The van der Waals surface area contributed by atoms with E-state index in [2.05, 4.69) is 52.2 Å². The summed E-state index contributed by atoms with van der Waals surface area (Å²) >= 11 is 0. The van der Waals surface area contributed by atoms with E-state index in [0.29, 0.717) is 17.5 Å². The predicted molar refractivity (Wildman–Crippen MR) is 129 cm³/mol. The molecule has 0 amide bonds. The van der Waals surface area contributed by atoms with Crippen molar-refractivity contribution in [2.24, 2.45) is 10.3 Å². The van der Waals surface area contributed by atoms with Crippen LogP contribution in [0, 0.1) is 6.92 Å². The number of nitrogens with zero attached hydrogens (tertiary/aromatic N) is 4. The second-order valence-corrected chi connectivity index (χ2v) is 8.70. The summed E-state index contributed by atoms with van der Waals surface area (Å²) in [6.45, 7) is 12.4. The van der Waals surface area contributed by atoms with Crippen LogP contribution in [0.2, 0.25) is 0 Å². The van der Waals surface area contributed by atoms with E-state index in [-0.39, 0.29) is 0 Å². The first-order valence-corrected chi connectivity index (χ1v) is 11.0. The van der Waals surface area contributed by atoms with Gasteiger partial charge in [-0.2, -0.15) is 0 Å². The Labute approximate surface area is 189 Å². The van der Waals surface area contributed by atoms with Crippen molar-refractivity contribution < 1.29 is 9.68 Å². The van der Waals surface area contributed by atoms with Gasteiger partial charge in [0.05, 0.1) is 0 Å². The molecule has 0 unspecified atom stereocenters. The minimum Gasteiger partial charge on any atom is -0.399 e. The zero-order chi connectivity index (χ0) is 22.7. The third-order valence-corrected chi connectivity index (χ3v) is 5.97. The molecule has 0 aliphatic carbocycles. The molecule has 1 atom stereocenters. The van der Waals surface area contributed by atoms with Crippen LogP contribution >= 0.6 is 0 Å². The minimum absolute atomic E-state index is 0.304. The van der Waals surface area contributed by atoms with E-state index >= 15 is 0 Å². The average Bonchev–Trinajstić information content (AvgIpc) is 3.10. The van der Waals surface area contributed by atoms with Crippen molar-refractivity contribution in [3.05, 3.63) is 65.9 Å². The number of rotatable bonds is 6. The summed E-state index contributed by atoms with van der Waals surface area (Å²) in [5.41, 5.74) is 4.75. The zero-order valence-electron chi connectivity index (χ0n) is 19.3. The van der Waals surface area contributed by atoms with Crippen LogP contribution in [0.25, 0.3) is 5.70 Å². The van der Waals surface area contributed by atoms with Crippen LogP contribution in [0.5, 0.6) is 0 Å². The standard InChI is InChI=1S/C25H31N5O2/c1-17-8-6-15-27-24(17)30(21-9-7-14-26-16-21)18(2)19-10-12-20(13-11-19)22-23(29-31-5)25(3,4)32-28-22/h6,8,10-13,15,21,26H,2,7,9,14,16H2,1,3-5H3/b29-23-/t21-/m1/s1. The number of oxime groups is 2. The number of aromatic nitrogens is 1. The highest BCUT2D eigenvalue weighted by atomic mass is 16.7. The molecule has 1 fully saturated rings. The van der Waals surface area contributed by atoms with Crippen LogP contribution in [0.4, 0.5) is 5.82 Å². The van der Waals surface area contributed by atoms with Crippen LogP contribution in [-0.2, 0) is 9.68 Å². The number of hydrogen-bond donors (Lipinski definition) is 1. The Balaban J connectivity index is 1.64. The second-order valence-electron chi connectivity index (χ2n) is 8.70. The number of benzene rings is 1. The molecule has 1 aromatic heterocycles. The van der Waals surface area contributed by atoms with Crippen LogP contribution in [-0.4, -0.2) is 48.2 Å². The van der Waals surface area contributed by atoms with Crippen molar-refractivity contribution in [3.8, 4) is 0 Å². The molecule has 3 heterocycles. The summed E-state index contributed by atoms with van der Waals surface area (Å²) in [5, 5.41) is 11.9. The zero-order valence-corrected chi connectivity index (χ0v) is 19.3. The molecule has 7 nitrogen and oxygen atoms in total. The van der Waals surface area contributed by atoms with Crippen molar-refractivity contribution in [1.29, 1.82) is 0 Å². The Kier molecular flexibility index (Phi) is 6.28. The molecule has 168 valence electrons. The van der Waals surface area contributed by atoms with Gasteiger partial charge in [-0.05, 0) is 57.4 Å². The van der Waals surface area contributed by atoms with Gasteiger partial charge in [0, 0.05) is 30.0 Å². The maximum absolute atomic E-state index is 5.57. The molecule has 32 heavy (non-hydrogen) atoms. The number of piperidine rings is 1. The van der Waals surface area contributed by atoms with E-state index in [1.165, 1.54) is 7.11 Å². The molecule has 0 radical (unpaired) electrons. The Morgan fingerprint density at radius 1 is 1.28 bits per heavy atom. The number of anilines is 1. The van der Waals surface area contributed by atoms with Crippen molar-refractivity contribution >= 4 is 22.9 Å². The maximum atomic E-state index is 5.57. The van der Waals surface area contributed by atoms with E-state index in [1.807, 2.05) is 38.2 Å². The molecular weight excluding hydrogens is 402 g/mol. The van der Waals surface area contributed by atoms with E-state index in [0.717, 1.165) is 54.1 Å². The summed E-state index contributed by atoms with van der Waals surface area (Å²) in [4.78, 5) is 17.6. The van der Waals surface area contributed by atoms with Gasteiger partial charge in [0.25, 0.3) is 0 Å². The van der Waals surface area contributed by atoms with E-state index in [1.54, 1.807) is 0 Å². The molecule has 4 rings (SSSR count). The number of nitrogens with one attached hydrogen (secondary N) is 1. The highest BCUT2D eigenvalue weighted by molar-refractivity contribution is 6.51. The largest absolute Gasteiger partial charge is 0.399 e. The van der Waals surface area contributed by atoms with Gasteiger partial charge in [0.2, 0.25) is 0 Å². The van der Waals surface area contributed by atoms with Gasteiger partial charge in [-0.25, -0.2) is 4.98 Å². The number of hydrogen-bond acceptors (Lipinski definition) is 7. The van der Waals surface area contributed by atoms with Gasteiger partial charge in [-0.1, -0.05) is 47.2 Å². The van der Waals surface area contributed by atoms with Crippen molar-refractivity contribution in [1.82, 2.24) is 10.3 Å². The summed E-state index contributed by atoms with van der Waals surface area (Å²) in [7, 11) is 1.53. The van der Waals surface area contributed by atoms with Gasteiger partial charge in [-0.15, -0.1) is 0 Å². The normalized spacial score (nSPS) is 21.1. The molecule has 1 saturated heterocycles. The smallest absolute Gasteiger partial charge is 0.179 e. The Bertz CT molecular complexity index is 1040. The summed E-state index contributed by atoms with van der Waals surface area (Å²) in [5.74, 6) is 0.958. The Morgan fingerprint density at radius 3 is 2.72 bits per heavy atom. The topological polar surface area (TPSA) is 71.3 Å². The van der Waals surface area contributed by atoms with Crippen molar-refractivity contribution in [2.75, 3.05) is 25.1 Å². The van der Waals surface area contributed by atoms with Gasteiger partial charge < -0.3 is 19.9 Å². The SMILES string of the molecule is C=C(c1ccc(C2=NOC(C)(C)/C2=N\OC)cc1)N(c1ncccc1C)[C@@H]1CCCNC1. The van der Waals surface area contributed by atoms with Crippen LogP contribution in [0.3, 0.4) is 0 Å². The van der Waals surface area contributed by atoms with Crippen molar-refractivity contribution in [2.45, 2.75) is 45.3 Å². The first kappa shape index (κ1) is 22.0.